The summed E-state index contributed by atoms with van der Waals surface area (Å²) in [4.78, 5) is 10.7. The first-order chi connectivity index (χ1) is 8.25. The lowest BCUT2D eigenvalue weighted by molar-refractivity contribution is -0.139. The molecule has 0 aromatic carbocycles. The summed E-state index contributed by atoms with van der Waals surface area (Å²) < 4.78 is 4.93. The van der Waals surface area contributed by atoms with Crippen LogP contribution < -0.4 is 0 Å². The van der Waals surface area contributed by atoms with Gasteiger partial charge >= 0.3 is 5.97 Å². The van der Waals surface area contributed by atoms with Crippen LogP contribution in [0.1, 0.15) is 48.5 Å². The highest BCUT2D eigenvalue weighted by Gasteiger charge is 2.41. The number of hydrogen-bond donors (Lipinski definition) is 0. The summed E-state index contributed by atoms with van der Waals surface area (Å²) >= 11 is 0. The van der Waals surface area contributed by atoms with E-state index in [2.05, 4.69) is 47.6 Å². The number of rotatable bonds is 7. The summed E-state index contributed by atoms with van der Waals surface area (Å²) in [5.74, 6) is -0.209. The molecule has 0 fully saturated rings. The van der Waals surface area contributed by atoms with Crippen molar-refractivity contribution in [3.63, 3.8) is 0 Å². The molecule has 0 aromatic rings. The van der Waals surface area contributed by atoms with Gasteiger partial charge in [-0.15, -0.1) is 0 Å². The van der Waals surface area contributed by atoms with Crippen LogP contribution in [0.15, 0.2) is 12.2 Å². The Bertz CT molecular complexity index is 258. The molecule has 0 aromatic heterocycles. The molecular weight excluding hydrogens is 240 g/mol. The van der Waals surface area contributed by atoms with Crippen molar-refractivity contribution in [1.82, 2.24) is 0 Å². The second kappa shape index (κ2) is 7.77. The number of ether oxygens (including phenoxy) is 1. The summed E-state index contributed by atoms with van der Waals surface area (Å²) in [6.07, 6.45) is 4.23. The van der Waals surface area contributed by atoms with Crippen molar-refractivity contribution in [2.75, 3.05) is 6.61 Å². The van der Waals surface area contributed by atoms with Crippen LogP contribution in [0.5, 0.6) is 0 Å². The average Bonchev–Trinajstić information content (AvgIpc) is 2.20. The first-order valence-corrected chi connectivity index (χ1v) is 9.47. The normalized spacial score (nSPS) is 13.0. The second-order valence-electron chi connectivity index (χ2n) is 6.05. The van der Waals surface area contributed by atoms with Crippen molar-refractivity contribution in [3.05, 3.63) is 12.2 Å². The molecule has 0 aliphatic rings. The molecule has 106 valence electrons. The lowest BCUT2D eigenvalue weighted by atomic mass is 10.5. The van der Waals surface area contributed by atoms with Crippen molar-refractivity contribution in [3.8, 4) is 0 Å². The molecule has 0 radical (unpaired) electrons. The van der Waals surface area contributed by atoms with Crippen LogP contribution in [-0.2, 0) is 9.53 Å². The summed E-state index contributed by atoms with van der Waals surface area (Å²) in [6.45, 7) is 16.1. The Hall–Kier alpha value is -0.573. The molecule has 0 spiro atoms. The molecule has 0 unspecified atom stereocenters. The number of esters is 1. The van der Waals surface area contributed by atoms with Gasteiger partial charge in [0.25, 0.3) is 0 Å². The average molecular weight is 270 g/mol. The van der Waals surface area contributed by atoms with Gasteiger partial charge in [-0.3, -0.25) is 4.79 Å². The largest absolute Gasteiger partial charge is 0.462 e. The quantitative estimate of drug-likeness (QED) is 0.378. The van der Waals surface area contributed by atoms with Crippen LogP contribution in [0.4, 0.5) is 0 Å². The lowest BCUT2D eigenvalue weighted by Crippen LogP contribution is -2.43. The van der Waals surface area contributed by atoms with E-state index in [0.717, 1.165) is 16.6 Å². The fourth-order valence-corrected chi connectivity index (χ4v) is 9.22. The van der Waals surface area contributed by atoms with Gasteiger partial charge < -0.3 is 4.74 Å². The zero-order valence-corrected chi connectivity index (χ0v) is 14.1. The van der Waals surface area contributed by atoms with E-state index in [1.165, 1.54) is 13.0 Å². The zero-order valence-electron chi connectivity index (χ0n) is 13.1. The first-order valence-electron chi connectivity index (χ1n) is 7.03. The summed E-state index contributed by atoms with van der Waals surface area (Å²) in [5.41, 5.74) is 2.32. The number of allylic oxidation sites excluding steroid dienone is 1. The van der Waals surface area contributed by atoms with E-state index in [9.17, 15) is 4.79 Å². The molecule has 2 nitrogen and oxygen atoms in total. The van der Waals surface area contributed by atoms with Crippen molar-refractivity contribution in [2.45, 2.75) is 71.1 Å². The van der Waals surface area contributed by atoms with Gasteiger partial charge in [0.15, 0.2) is 0 Å². The van der Waals surface area contributed by atoms with Crippen molar-refractivity contribution < 1.29 is 9.53 Å². The summed E-state index contributed by atoms with van der Waals surface area (Å²) in [7, 11) is -1.33. The topological polar surface area (TPSA) is 26.3 Å². The van der Waals surface area contributed by atoms with Gasteiger partial charge in [-0.2, -0.15) is 0 Å². The molecule has 0 heterocycles. The minimum absolute atomic E-state index is 0.209. The fraction of sp³-hybridized carbons (Fsp3) is 0.800. The maximum absolute atomic E-state index is 10.7. The molecule has 0 N–H and O–H groups in total. The van der Waals surface area contributed by atoms with Gasteiger partial charge in [0, 0.05) is 6.92 Å². The van der Waals surface area contributed by atoms with E-state index < -0.39 is 8.07 Å². The molecule has 0 aliphatic heterocycles. The lowest BCUT2D eigenvalue weighted by Gasteiger charge is -2.42. The third-order valence-corrected chi connectivity index (χ3v) is 11.6. The maximum atomic E-state index is 10.7. The molecule has 18 heavy (non-hydrogen) atoms. The molecule has 0 saturated heterocycles. The summed E-state index contributed by atoms with van der Waals surface area (Å²) in [5, 5.41) is 0. The molecule has 3 heteroatoms. The van der Waals surface area contributed by atoms with E-state index in [4.69, 9.17) is 4.74 Å². The van der Waals surface area contributed by atoms with Gasteiger partial charge in [-0.25, -0.2) is 0 Å². The molecular formula is C15H30O2Si. The molecule has 0 atom stereocenters. The van der Waals surface area contributed by atoms with Crippen molar-refractivity contribution in [2.24, 2.45) is 0 Å². The highest BCUT2D eigenvalue weighted by atomic mass is 28.3. The number of hydrogen-bond acceptors (Lipinski definition) is 2. The highest BCUT2D eigenvalue weighted by Crippen LogP contribution is 2.44. The van der Waals surface area contributed by atoms with Crippen LogP contribution in [0.3, 0.4) is 0 Å². The number of carbonyl (C=O) groups excluding carboxylic acids is 1. The second-order valence-corrected chi connectivity index (χ2v) is 12.2. The van der Waals surface area contributed by atoms with E-state index in [1.807, 2.05) is 6.08 Å². The molecule has 0 rings (SSSR count). The van der Waals surface area contributed by atoms with Crippen LogP contribution in [-0.4, -0.2) is 20.7 Å². The van der Waals surface area contributed by atoms with E-state index >= 15 is 0 Å². The van der Waals surface area contributed by atoms with Gasteiger partial charge in [0.05, 0.1) is 8.07 Å². The van der Waals surface area contributed by atoms with Crippen LogP contribution in [0.2, 0.25) is 22.7 Å². The zero-order chi connectivity index (χ0) is 14.3. The van der Waals surface area contributed by atoms with E-state index in [0.29, 0.717) is 6.61 Å². The SMILES string of the molecule is CC(=O)OC/C=C/C[Si](C(C)C)(C(C)C)C(C)C. The predicted octanol–water partition coefficient (Wildman–Crippen LogP) is 4.78. The predicted molar refractivity (Wildman–Crippen MR) is 81.6 cm³/mol. The standard InChI is InChI=1S/C15H30O2Si/c1-12(2)18(13(3)4,14(5)6)11-9-8-10-17-15(7)16/h8-9,12-14H,10-11H2,1-7H3/b9-8+. The van der Waals surface area contributed by atoms with E-state index in [1.54, 1.807) is 0 Å². The number of carbonyl (C=O) groups is 1. The Morgan fingerprint density at radius 1 is 1.00 bits per heavy atom. The minimum atomic E-state index is -1.33. The van der Waals surface area contributed by atoms with E-state index in [-0.39, 0.29) is 5.97 Å². The third kappa shape index (κ3) is 4.60. The molecule has 0 amide bonds. The monoisotopic (exact) mass is 270 g/mol. The van der Waals surface area contributed by atoms with Gasteiger partial charge in [-0.1, -0.05) is 70.3 Å². The molecule has 0 saturated carbocycles. The Morgan fingerprint density at radius 3 is 1.78 bits per heavy atom. The van der Waals surface area contributed by atoms with Gasteiger partial charge in [0.2, 0.25) is 0 Å². The molecule has 0 bridgehead atoms. The Labute approximate surface area is 114 Å². The van der Waals surface area contributed by atoms with Crippen LogP contribution >= 0.6 is 0 Å². The van der Waals surface area contributed by atoms with Crippen molar-refractivity contribution >= 4 is 14.0 Å². The Balaban J connectivity index is 4.65. The first kappa shape index (κ1) is 17.4. The highest BCUT2D eigenvalue weighted by molar-refractivity contribution is 6.83. The Morgan fingerprint density at radius 2 is 1.44 bits per heavy atom. The smallest absolute Gasteiger partial charge is 0.302 e. The minimum Gasteiger partial charge on any atom is -0.462 e. The van der Waals surface area contributed by atoms with Crippen LogP contribution in [0, 0.1) is 0 Å². The summed E-state index contributed by atoms with van der Waals surface area (Å²) in [6, 6.07) is 1.18. The van der Waals surface area contributed by atoms with Gasteiger partial charge in [-0.05, 0) is 6.04 Å². The fourth-order valence-electron chi connectivity index (χ4n) is 3.23. The molecule has 0 aliphatic carbocycles. The van der Waals surface area contributed by atoms with Gasteiger partial charge in [0.1, 0.15) is 6.61 Å². The van der Waals surface area contributed by atoms with Crippen molar-refractivity contribution in [1.29, 1.82) is 0 Å². The Kier molecular flexibility index (Phi) is 7.53. The van der Waals surface area contributed by atoms with Crippen LogP contribution in [0.25, 0.3) is 0 Å². The third-order valence-electron chi connectivity index (χ3n) is 4.25. The maximum Gasteiger partial charge on any atom is 0.302 e.